The fraction of sp³-hybridized carbons (Fsp3) is 0.429. The highest BCUT2D eigenvalue weighted by Gasteiger charge is 2.49. The van der Waals surface area contributed by atoms with E-state index in [1.54, 1.807) is 0 Å². The molecule has 0 bridgehead atoms. The zero-order valence-corrected chi connectivity index (χ0v) is 11.0. The Bertz CT molecular complexity index is 536. The van der Waals surface area contributed by atoms with Gasteiger partial charge >= 0.3 is 0 Å². The number of hydrogen-bond acceptors (Lipinski definition) is 2. The molecule has 0 radical (unpaired) electrons. The number of nitrogens with zero attached hydrogens (tertiary/aromatic N) is 1. The van der Waals surface area contributed by atoms with Gasteiger partial charge in [0.1, 0.15) is 5.82 Å². The predicted octanol–water partition coefficient (Wildman–Crippen LogP) is 3.16. The molecule has 2 unspecified atom stereocenters. The Balaban J connectivity index is 2.00. The van der Waals surface area contributed by atoms with Crippen molar-refractivity contribution in [1.29, 1.82) is 0 Å². The van der Waals surface area contributed by atoms with Crippen molar-refractivity contribution in [2.45, 2.75) is 25.7 Å². The summed E-state index contributed by atoms with van der Waals surface area (Å²) in [5.41, 5.74) is 0.0220. The third kappa shape index (κ3) is 1.94. The summed E-state index contributed by atoms with van der Waals surface area (Å²) >= 11 is 5.69. The van der Waals surface area contributed by atoms with E-state index in [2.05, 4.69) is 0 Å². The molecule has 3 rings (SSSR count). The Kier molecular flexibility index (Phi) is 3.05. The molecule has 100 valence electrons. The van der Waals surface area contributed by atoms with Crippen molar-refractivity contribution in [3.63, 3.8) is 0 Å². The molecule has 1 heterocycles. The molecule has 1 aromatic rings. The summed E-state index contributed by atoms with van der Waals surface area (Å²) in [5, 5.41) is 0.248. The van der Waals surface area contributed by atoms with Crippen molar-refractivity contribution < 1.29 is 14.0 Å². The average Bonchev–Trinajstić information content (AvgIpc) is 2.64. The van der Waals surface area contributed by atoms with Crippen LogP contribution in [0.4, 0.5) is 10.1 Å². The van der Waals surface area contributed by atoms with E-state index in [4.69, 9.17) is 11.6 Å². The molecule has 2 atom stereocenters. The van der Waals surface area contributed by atoms with Gasteiger partial charge in [-0.2, -0.15) is 0 Å². The lowest BCUT2D eigenvalue weighted by Crippen LogP contribution is -2.31. The van der Waals surface area contributed by atoms with E-state index in [0.717, 1.165) is 36.6 Å². The van der Waals surface area contributed by atoms with Crippen molar-refractivity contribution >= 4 is 29.1 Å². The highest BCUT2D eigenvalue weighted by Crippen LogP contribution is 2.40. The Hall–Kier alpha value is -1.42. The first-order valence-corrected chi connectivity index (χ1v) is 6.80. The molecule has 3 nitrogen and oxygen atoms in total. The third-order valence-electron chi connectivity index (χ3n) is 3.99. The van der Waals surface area contributed by atoms with Crippen LogP contribution in [-0.2, 0) is 9.59 Å². The second-order valence-corrected chi connectivity index (χ2v) is 5.54. The van der Waals surface area contributed by atoms with Crippen LogP contribution in [0.2, 0.25) is 5.02 Å². The fourth-order valence-electron chi connectivity index (χ4n) is 3.06. The van der Waals surface area contributed by atoms with E-state index in [1.165, 1.54) is 12.1 Å². The molecule has 2 aliphatic rings. The van der Waals surface area contributed by atoms with E-state index in [0.29, 0.717) is 0 Å². The number of anilines is 1. The molecule has 1 saturated carbocycles. The standard InChI is InChI=1S/C14H13ClFNO2/c15-8-5-6-12(11(16)7-8)17-13(18)9-3-1-2-4-10(9)14(17)19/h5-7,9-10H,1-4H2. The summed E-state index contributed by atoms with van der Waals surface area (Å²) in [7, 11) is 0. The second kappa shape index (κ2) is 4.60. The van der Waals surface area contributed by atoms with E-state index >= 15 is 0 Å². The molecule has 2 amide bonds. The number of rotatable bonds is 1. The van der Waals surface area contributed by atoms with Crippen molar-refractivity contribution in [3.8, 4) is 0 Å². The largest absolute Gasteiger partial charge is 0.274 e. The fourth-order valence-corrected chi connectivity index (χ4v) is 3.22. The molecule has 1 aliphatic heterocycles. The lowest BCUT2D eigenvalue weighted by atomic mass is 9.81. The van der Waals surface area contributed by atoms with Crippen molar-refractivity contribution in [1.82, 2.24) is 0 Å². The number of amides is 2. The van der Waals surface area contributed by atoms with Gasteiger partial charge in [-0.25, -0.2) is 9.29 Å². The van der Waals surface area contributed by atoms with Crippen molar-refractivity contribution in [2.75, 3.05) is 4.90 Å². The van der Waals surface area contributed by atoms with Gasteiger partial charge in [-0.05, 0) is 31.0 Å². The summed E-state index contributed by atoms with van der Waals surface area (Å²) in [6.45, 7) is 0. The molecule has 5 heteroatoms. The molecule has 1 aromatic carbocycles. The summed E-state index contributed by atoms with van der Waals surface area (Å²) in [5.74, 6) is -1.70. The third-order valence-corrected chi connectivity index (χ3v) is 4.23. The number of carbonyl (C=O) groups excluding carboxylic acids is 2. The summed E-state index contributed by atoms with van der Waals surface area (Å²) in [4.78, 5) is 25.6. The normalized spacial score (nSPS) is 26.7. The van der Waals surface area contributed by atoms with Gasteiger partial charge in [0, 0.05) is 5.02 Å². The van der Waals surface area contributed by atoms with Gasteiger partial charge in [-0.15, -0.1) is 0 Å². The topological polar surface area (TPSA) is 37.4 Å². The summed E-state index contributed by atoms with van der Waals surface area (Å²) < 4.78 is 13.9. The molecule has 2 fully saturated rings. The highest BCUT2D eigenvalue weighted by atomic mass is 35.5. The molecule has 19 heavy (non-hydrogen) atoms. The Morgan fingerprint density at radius 2 is 1.68 bits per heavy atom. The van der Waals surface area contributed by atoms with Crippen LogP contribution < -0.4 is 4.90 Å². The van der Waals surface area contributed by atoms with Gasteiger partial charge in [0.15, 0.2) is 0 Å². The summed E-state index contributed by atoms with van der Waals surface area (Å²) in [6, 6.07) is 4.01. The van der Waals surface area contributed by atoms with E-state index in [1.807, 2.05) is 0 Å². The second-order valence-electron chi connectivity index (χ2n) is 5.11. The number of fused-ring (bicyclic) bond motifs is 1. The minimum Gasteiger partial charge on any atom is -0.274 e. The first-order valence-electron chi connectivity index (χ1n) is 6.42. The van der Waals surface area contributed by atoms with Crippen LogP contribution in [0.1, 0.15) is 25.7 Å². The highest BCUT2D eigenvalue weighted by molar-refractivity contribution is 6.30. The molecule has 1 aliphatic carbocycles. The van der Waals surface area contributed by atoms with Crippen LogP contribution in [0.25, 0.3) is 0 Å². The van der Waals surface area contributed by atoms with E-state index in [-0.39, 0.29) is 34.4 Å². The Morgan fingerprint density at radius 3 is 2.21 bits per heavy atom. The maximum absolute atomic E-state index is 13.9. The first kappa shape index (κ1) is 12.6. The smallest absolute Gasteiger partial charge is 0.237 e. The van der Waals surface area contributed by atoms with Crippen molar-refractivity contribution in [2.24, 2.45) is 11.8 Å². The van der Waals surface area contributed by atoms with Gasteiger partial charge in [-0.1, -0.05) is 24.4 Å². The Labute approximate surface area is 115 Å². The average molecular weight is 282 g/mol. The van der Waals surface area contributed by atoms with Gasteiger partial charge < -0.3 is 0 Å². The molecule has 0 spiro atoms. The van der Waals surface area contributed by atoms with Crippen LogP contribution in [0, 0.1) is 17.7 Å². The molecule has 1 saturated heterocycles. The molecular weight excluding hydrogens is 269 g/mol. The SMILES string of the molecule is O=C1C2CCCCC2C(=O)N1c1ccc(Cl)cc1F. The lowest BCUT2D eigenvalue weighted by molar-refractivity contribution is -0.122. The molecule has 0 N–H and O–H groups in total. The molecular formula is C14H13ClFNO2. The van der Waals surface area contributed by atoms with Gasteiger partial charge in [0.05, 0.1) is 17.5 Å². The monoisotopic (exact) mass is 281 g/mol. The number of carbonyl (C=O) groups is 2. The van der Waals surface area contributed by atoms with E-state index in [9.17, 15) is 14.0 Å². The zero-order chi connectivity index (χ0) is 13.6. The maximum atomic E-state index is 13.9. The van der Waals surface area contributed by atoms with Crippen LogP contribution in [0.5, 0.6) is 0 Å². The number of hydrogen-bond donors (Lipinski definition) is 0. The van der Waals surface area contributed by atoms with Crippen LogP contribution in [0.15, 0.2) is 18.2 Å². The van der Waals surface area contributed by atoms with Crippen LogP contribution in [0.3, 0.4) is 0 Å². The van der Waals surface area contributed by atoms with Crippen molar-refractivity contribution in [3.05, 3.63) is 29.0 Å². The first-order chi connectivity index (χ1) is 9.09. The molecule has 0 aromatic heterocycles. The lowest BCUT2D eigenvalue weighted by Gasteiger charge is -2.19. The minimum atomic E-state index is -0.632. The maximum Gasteiger partial charge on any atom is 0.237 e. The van der Waals surface area contributed by atoms with Gasteiger partial charge in [-0.3, -0.25) is 9.59 Å². The Morgan fingerprint density at radius 1 is 1.11 bits per heavy atom. The number of benzene rings is 1. The van der Waals surface area contributed by atoms with Crippen LogP contribution >= 0.6 is 11.6 Å². The predicted molar refractivity (Wildman–Crippen MR) is 69.4 cm³/mol. The van der Waals surface area contributed by atoms with Crippen LogP contribution in [-0.4, -0.2) is 11.8 Å². The van der Waals surface area contributed by atoms with Gasteiger partial charge in [0.2, 0.25) is 11.8 Å². The summed E-state index contributed by atoms with van der Waals surface area (Å²) in [6.07, 6.45) is 3.36. The quantitative estimate of drug-likeness (QED) is 0.742. The number of imide groups is 1. The minimum absolute atomic E-state index is 0.0220. The zero-order valence-electron chi connectivity index (χ0n) is 10.2. The van der Waals surface area contributed by atoms with E-state index < -0.39 is 5.82 Å². The number of halogens is 2. The van der Waals surface area contributed by atoms with Gasteiger partial charge in [0.25, 0.3) is 0 Å².